The molecule has 0 aliphatic carbocycles. The molecule has 0 aromatic heterocycles. The summed E-state index contributed by atoms with van der Waals surface area (Å²) < 4.78 is 0. The zero-order valence-corrected chi connectivity index (χ0v) is 3.84. The molecular weight excluding hydrogens is 86.0 g/mol. The maximum atomic E-state index is 2.14. The van der Waals surface area contributed by atoms with E-state index in [0.717, 1.165) is 0 Å². The summed E-state index contributed by atoms with van der Waals surface area (Å²) in [4.78, 5) is 0. The minimum Gasteiger partial charge on any atom is -0.0431 e. The fourth-order valence-electron chi connectivity index (χ4n) is 0.0667. The van der Waals surface area contributed by atoms with Gasteiger partial charge < -0.3 is 0 Å². The van der Waals surface area contributed by atoms with Crippen LogP contribution < -0.4 is 0 Å². The number of hydrogen-bond acceptors (Lipinski definition) is 0. The third kappa shape index (κ3) is 0.223. The van der Waals surface area contributed by atoms with Crippen LogP contribution in [0, 0.1) is 0 Å². The number of rotatable bonds is 0. The second kappa shape index (κ2) is 0.971. The molecule has 0 amide bonds. The standard InChI is InChI=1S/C2H2P2/c1-2-4-3-1/h1-2H. The molecule has 2 heteroatoms. The van der Waals surface area contributed by atoms with Crippen LogP contribution in [0.3, 0.4) is 0 Å². The summed E-state index contributed by atoms with van der Waals surface area (Å²) in [5.74, 6) is 4.28. The molecule has 0 nitrogen and oxygen atoms in total. The van der Waals surface area contributed by atoms with Crippen molar-refractivity contribution in [1.82, 2.24) is 0 Å². The highest BCUT2D eigenvalue weighted by molar-refractivity contribution is 7.90. The van der Waals surface area contributed by atoms with E-state index in [1.165, 1.54) is 15.7 Å². The molecule has 0 aromatic rings. The van der Waals surface area contributed by atoms with Crippen LogP contribution in [0.2, 0.25) is 0 Å². The van der Waals surface area contributed by atoms with Crippen LogP contribution in [0.1, 0.15) is 0 Å². The quantitative estimate of drug-likeness (QED) is 0.398. The van der Waals surface area contributed by atoms with Crippen molar-refractivity contribution in [3.63, 3.8) is 0 Å². The first-order valence-corrected chi connectivity index (χ1v) is 3.68. The Bertz CT molecular complexity index is 44.4. The molecule has 1 aliphatic rings. The molecule has 0 unspecified atom stereocenters. The van der Waals surface area contributed by atoms with Gasteiger partial charge in [-0.2, -0.15) is 0 Å². The van der Waals surface area contributed by atoms with Crippen LogP contribution in [0.5, 0.6) is 0 Å². The van der Waals surface area contributed by atoms with Crippen molar-refractivity contribution in [3.8, 4) is 0 Å². The molecule has 1 rings (SSSR count). The van der Waals surface area contributed by atoms with Crippen LogP contribution in [-0.4, -0.2) is 0 Å². The summed E-state index contributed by atoms with van der Waals surface area (Å²) in [6, 6.07) is 0. The molecule has 0 atom stereocenters. The summed E-state index contributed by atoms with van der Waals surface area (Å²) in [6.07, 6.45) is 0. The lowest BCUT2D eigenvalue weighted by molar-refractivity contribution is 2.53. The van der Waals surface area contributed by atoms with E-state index in [9.17, 15) is 0 Å². The highest BCUT2D eigenvalue weighted by Crippen LogP contribution is 2.28. The molecule has 0 fully saturated rings. The van der Waals surface area contributed by atoms with Gasteiger partial charge in [-0.15, -0.1) is 0 Å². The number of hydrogen-bond donors (Lipinski definition) is 0. The van der Waals surface area contributed by atoms with Crippen molar-refractivity contribution in [1.29, 1.82) is 0 Å². The van der Waals surface area contributed by atoms with Crippen molar-refractivity contribution in [2.45, 2.75) is 0 Å². The Morgan fingerprint density at radius 3 is 1.25 bits per heavy atom. The van der Waals surface area contributed by atoms with Gasteiger partial charge in [-0.05, 0) is 27.4 Å². The summed E-state index contributed by atoms with van der Waals surface area (Å²) in [5, 5.41) is 0. The van der Waals surface area contributed by atoms with Gasteiger partial charge in [0.05, 0.1) is 0 Å². The lowest BCUT2D eigenvalue weighted by Gasteiger charge is -1.74. The molecule has 20 valence electrons. The molecule has 0 radical (unpaired) electrons. The zero-order chi connectivity index (χ0) is 2.83. The molecule has 1 aliphatic heterocycles. The monoisotopic (exact) mass is 88.0 g/mol. The van der Waals surface area contributed by atoms with Crippen molar-refractivity contribution in [2.75, 3.05) is 0 Å². The van der Waals surface area contributed by atoms with Gasteiger partial charge >= 0.3 is 0 Å². The van der Waals surface area contributed by atoms with Crippen molar-refractivity contribution < 1.29 is 0 Å². The normalized spacial score (nSPS) is 24.0. The fraction of sp³-hybridized carbons (Fsp3) is 0. The molecule has 0 saturated heterocycles. The average molecular weight is 88.0 g/mol. The van der Waals surface area contributed by atoms with Crippen LogP contribution in [0.15, 0.2) is 11.6 Å². The lowest BCUT2D eigenvalue weighted by Crippen LogP contribution is -1.26. The summed E-state index contributed by atoms with van der Waals surface area (Å²) in [7, 11) is 2.94. The highest BCUT2D eigenvalue weighted by atomic mass is 31.7. The molecule has 0 N–H and O–H groups in total. The predicted molar refractivity (Wildman–Crippen MR) is 23.0 cm³/mol. The Kier molecular flexibility index (Phi) is 0.624. The van der Waals surface area contributed by atoms with E-state index in [-0.39, 0.29) is 0 Å². The summed E-state index contributed by atoms with van der Waals surface area (Å²) in [6.45, 7) is 0. The van der Waals surface area contributed by atoms with Gasteiger partial charge in [0.1, 0.15) is 0 Å². The predicted octanol–water partition coefficient (Wildman–Crippen LogP) is 2.28. The van der Waals surface area contributed by atoms with Gasteiger partial charge in [-0.1, -0.05) is 0 Å². The molecular formula is C2H2P2. The van der Waals surface area contributed by atoms with Crippen molar-refractivity contribution in [3.05, 3.63) is 11.6 Å². The molecule has 1 heterocycles. The van der Waals surface area contributed by atoms with Gasteiger partial charge in [0.2, 0.25) is 0 Å². The van der Waals surface area contributed by atoms with Gasteiger partial charge in [-0.3, -0.25) is 0 Å². The lowest BCUT2D eigenvalue weighted by atomic mass is 11.3. The van der Waals surface area contributed by atoms with Crippen LogP contribution in [-0.2, 0) is 0 Å². The molecule has 0 saturated carbocycles. The highest BCUT2D eigenvalue weighted by Gasteiger charge is 1.67. The van der Waals surface area contributed by atoms with E-state index in [4.69, 9.17) is 0 Å². The minimum atomic E-state index is 1.47. The first-order valence-electron chi connectivity index (χ1n) is 1.05. The first kappa shape index (κ1) is 2.57. The van der Waals surface area contributed by atoms with E-state index >= 15 is 0 Å². The topological polar surface area (TPSA) is 0 Å². The fourth-order valence-corrected chi connectivity index (χ4v) is 0.600. The molecule has 0 bridgehead atoms. The van der Waals surface area contributed by atoms with Crippen molar-refractivity contribution >= 4 is 15.7 Å². The SMILES string of the molecule is C1=CP=P1. The van der Waals surface area contributed by atoms with E-state index in [1.807, 2.05) is 0 Å². The van der Waals surface area contributed by atoms with Gasteiger partial charge in [0, 0.05) is 0 Å². The maximum absolute atomic E-state index is 2.14. The molecule has 0 aromatic carbocycles. The third-order valence-corrected chi connectivity index (χ3v) is 2.40. The molecule has 4 heavy (non-hydrogen) atoms. The van der Waals surface area contributed by atoms with Crippen molar-refractivity contribution in [2.24, 2.45) is 0 Å². The summed E-state index contributed by atoms with van der Waals surface area (Å²) in [5.41, 5.74) is 0. The average Bonchev–Trinajstić information content (AvgIpc) is 0.722. The second-order valence-corrected chi connectivity index (χ2v) is 2.97. The molecule has 0 spiro atoms. The van der Waals surface area contributed by atoms with Crippen LogP contribution >= 0.6 is 15.7 Å². The largest absolute Gasteiger partial charge is 0.0431 e. The minimum absolute atomic E-state index is 1.47. The van der Waals surface area contributed by atoms with E-state index in [1.54, 1.807) is 0 Å². The Hall–Kier alpha value is 0.340. The van der Waals surface area contributed by atoms with Gasteiger partial charge in [-0.25, -0.2) is 0 Å². The van der Waals surface area contributed by atoms with Crippen LogP contribution in [0.25, 0.3) is 0 Å². The third-order valence-electron chi connectivity index (χ3n) is 0.267. The smallest absolute Gasteiger partial charge is 0.0252 e. The maximum Gasteiger partial charge on any atom is -0.0252 e. The Morgan fingerprint density at radius 1 is 1.00 bits per heavy atom. The second-order valence-electron chi connectivity index (χ2n) is 0.529. The van der Waals surface area contributed by atoms with E-state index in [2.05, 4.69) is 11.6 Å². The Morgan fingerprint density at radius 2 is 1.25 bits per heavy atom. The zero-order valence-electron chi connectivity index (χ0n) is 2.05. The summed E-state index contributed by atoms with van der Waals surface area (Å²) >= 11 is 0. The van der Waals surface area contributed by atoms with E-state index in [0.29, 0.717) is 0 Å². The van der Waals surface area contributed by atoms with Gasteiger partial charge in [0.25, 0.3) is 0 Å². The Balaban J connectivity index is 2.67. The van der Waals surface area contributed by atoms with E-state index < -0.39 is 0 Å². The van der Waals surface area contributed by atoms with Crippen LogP contribution in [0.4, 0.5) is 0 Å². The van der Waals surface area contributed by atoms with Gasteiger partial charge in [0.15, 0.2) is 0 Å². The first-order chi connectivity index (χ1) is 2.00. The Labute approximate surface area is 28.3 Å².